The number of hydrogen-bond donors (Lipinski definition) is 1. The van der Waals surface area contributed by atoms with Gasteiger partial charge in [-0.25, -0.2) is 9.37 Å². The SMILES string of the molecule is CCc1noc(Cn2cnc3c4cc(C)ccc4n(CC(=O)Nc4ccc(F)cc4)c3c2=O)n1. The number of rotatable bonds is 6. The van der Waals surface area contributed by atoms with Gasteiger partial charge < -0.3 is 14.4 Å². The van der Waals surface area contributed by atoms with Gasteiger partial charge in [-0.2, -0.15) is 4.98 Å². The van der Waals surface area contributed by atoms with Gasteiger partial charge in [-0.1, -0.05) is 23.7 Å². The molecule has 0 saturated carbocycles. The maximum Gasteiger partial charge on any atom is 0.278 e. The second-order valence-corrected chi connectivity index (χ2v) is 7.99. The zero-order valence-corrected chi connectivity index (χ0v) is 18.6. The number of nitrogens with one attached hydrogen (secondary N) is 1. The van der Waals surface area contributed by atoms with Crippen molar-refractivity contribution in [1.82, 2.24) is 24.3 Å². The monoisotopic (exact) mass is 460 g/mol. The van der Waals surface area contributed by atoms with Gasteiger partial charge in [0, 0.05) is 17.5 Å². The van der Waals surface area contributed by atoms with Crippen LogP contribution in [0.3, 0.4) is 0 Å². The molecular weight excluding hydrogens is 439 g/mol. The van der Waals surface area contributed by atoms with E-state index in [4.69, 9.17) is 4.52 Å². The number of carbonyl (C=O) groups is 1. The lowest BCUT2D eigenvalue weighted by Crippen LogP contribution is -2.25. The van der Waals surface area contributed by atoms with Crippen LogP contribution >= 0.6 is 0 Å². The summed E-state index contributed by atoms with van der Waals surface area (Å²) in [5.74, 6) is 0.103. The Kier molecular flexibility index (Phi) is 5.40. The van der Waals surface area contributed by atoms with Gasteiger partial charge >= 0.3 is 0 Å². The zero-order valence-electron chi connectivity index (χ0n) is 18.6. The molecule has 0 fully saturated rings. The van der Waals surface area contributed by atoms with E-state index in [1.165, 1.54) is 35.2 Å². The molecule has 3 aromatic heterocycles. The number of halogens is 1. The summed E-state index contributed by atoms with van der Waals surface area (Å²) in [6.07, 6.45) is 2.07. The van der Waals surface area contributed by atoms with Crippen molar-refractivity contribution in [2.75, 3.05) is 5.32 Å². The van der Waals surface area contributed by atoms with Crippen LogP contribution in [-0.4, -0.2) is 30.2 Å². The molecule has 5 rings (SSSR count). The summed E-state index contributed by atoms with van der Waals surface area (Å²) < 4.78 is 21.5. The van der Waals surface area contributed by atoms with Crippen molar-refractivity contribution in [2.45, 2.75) is 33.4 Å². The smallest absolute Gasteiger partial charge is 0.278 e. The molecule has 1 amide bonds. The molecule has 172 valence electrons. The van der Waals surface area contributed by atoms with Crippen molar-refractivity contribution >= 4 is 33.5 Å². The Balaban J connectivity index is 1.58. The fourth-order valence-corrected chi connectivity index (χ4v) is 3.91. The first kappa shape index (κ1) is 21.5. The number of aryl methyl sites for hydroxylation is 2. The summed E-state index contributed by atoms with van der Waals surface area (Å²) in [4.78, 5) is 35.2. The van der Waals surface area contributed by atoms with Gasteiger partial charge in [0.15, 0.2) is 5.82 Å². The van der Waals surface area contributed by atoms with E-state index in [0.29, 0.717) is 40.4 Å². The molecule has 0 radical (unpaired) electrons. The van der Waals surface area contributed by atoms with E-state index in [0.717, 1.165) is 10.9 Å². The molecule has 0 bridgehead atoms. The highest BCUT2D eigenvalue weighted by Gasteiger charge is 2.19. The average Bonchev–Trinajstić information content (AvgIpc) is 3.40. The van der Waals surface area contributed by atoms with Crippen LogP contribution in [0.25, 0.3) is 21.9 Å². The predicted octanol–water partition coefficient (Wildman–Crippen LogP) is 3.43. The average molecular weight is 460 g/mol. The quantitative estimate of drug-likeness (QED) is 0.416. The topological polar surface area (TPSA) is 108 Å². The molecule has 2 aromatic carbocycles. The van der Waals surface area contributed by atoms with Crippen LogP contribution in [0.1, 0.15) is 24.2 Å². The van der Waals surface area contributed by atoms with Gasteiger partial charge in [0.25, 0.3) is 5.56 Å². The molecule has 0 saturated heterocycles. The van der Waals surface area contributed by atoms with E-state index < -0.39 is 5.82 Å². The second-order valence-electron chi connectivity index (χ2n) is 7.99. The summed E-state index contributed by atoms with van der Waals surface area (Å²) in [6.45, 7) is 3.80. The fourth-order valence-electron chi connectivity index (χ4n) is 3.91. The van der Waals surface area contributed by atoms with Crippen LogP contribution in [0, 0.1) is 12.7 Å². The van der Waals surface area contributed by atoms with Crippen LogP contribution in [0.5, 0.6) is 0 Å². The molecule has 0 aliphatic rings. The van der Waals surface area contributed by atoms with Crippen LogP contribution in [-0.2, 0) is 24.3 Å². The molecule has 1 N–H and O–H groups in total. The Bertz CT molecular complexity index is 1580. The highest BCUT2D eigenvalue weighted by atomic mass is 19.1. The van der Waals surface area contributed by atoms with Gasteiger partial charge in [-0.3, -0.25) is 14.2 Å². The molecule has 9 nitrogen and oxygen atoms in total. The molecule has 0 spiro atoms. The molecule has 5 aromatic rings. The second kappa shape index (κ2) is 8.54. The van der Waals surface area contributed by atoms with Gasteiger partial charge in [0.1, 0.15) is 29.9 Å². The Morgan fingerprint density at radius 1 is 1.18 bits per heavy atom. The lowest BCUT2D eigenvalue weighted by molar-refractivity contribution is -0.116. The van der Waals surface area contributed by atoms with E-state index >= 15 is 0 Å². The zero-order chi connectivity index (χ0) is 23.8. The van der Waals surface area contributed by atoms with E-state index in [1.807, 2.05) is 32.0 Å². The molecule has 0 atom stereocenters. The number of fused-ring (bicyclic) bond motifs is 3. The Labute approximate surface area is 192 Å². The van der Waals surface area contributed by atoms with Crippen molar-refractivity contribution in [3.05, 3.63) is 82.2 Å². The van der Waals surface area contributed by atoms with E-state index in [9.17, 15) is 14.0 Å². The van der Waals surface area contributed by atoms with Crippen LogP contribution < -0.4 is 10.9 Å². The largest absolute Gasteiger partial charge is 0.337 e. The Hall–Kier alpha value is -4.34. The number of hydrogen-bond acceptors (Lipinski definition) is 6. The summed E-state index contributed by atoms with van der Waals surface area (Å²) >= 11 is 0. The summed E-state index contributed by atoms with van der Waals surface area (Å²) in [5.41, 5.74) is 2.66. The van der Waals surface area contributed by atoms with Crippen LogP contribution in [0.15, 0.2) is 58.1 Å². The number of amides is 1. The third kappa shape index (κ3) is 3.94. The molecule has 0 unspecified atom stereocenters. The number of carbonyl (C=O) groups excluding carboxylic acids is 1. The standard InChI is InChI=1S/C24H21FN6O3/c1-3-19-28-21(34-29-19)12-30-13-26-22-17-10-14(2)4-9-18(17)31(23(22)24(30)33)11-20(32)27-16-7-5-15(25)6-8-16/h4-10,13H,3,11-12H2,1-2H3,(H,27,32). The molecule has 0 aliphatic carbocycles. The van der Waals surface area contributed by atoms with Gasteiger partial charge in [-0.15, -0.1) is 0 Å². The normalized spacial score (nSPS) is 11.4. The molecule has 34 heavy (non-hydrogen) atoms. The molecule has 3 heterocycles. The van der Waals surface area contributed by atoms with Crippen molar-refractivity contribution in [3.63, 3.8) is 0 Å². The Morgan fingerprint density at radius 3 is 2.71 bits per heavy atom. The number of aromatic nitrogens is 5. The maximum absolute atomic E-state index is 13.5. The van der Waals surface area contributed by atoms with Gasteiger partial charge in [-0.05, 0) is 43.3 Å². The fraction of sp³-hybridized carbons (Fsp3) is 0.208. The molecule has 0 aliphatic heterocycles. The summed E-state index contributed by atoms with van der Waals surface area (Å²) in [5, 5.41) is 7.39. The summed E-state index contributed by atoms with van der Waals surface area (Å²) in [6, 6.07) is 11.2. The minimum absolute atomic E-state index is 0.0666. The molecule has 10 heteroatoms. The van der Waals surface area contributed by atoms with E-state index in [1.54, 1.807) is 4.57 Å². The third-order valence-electron chi connectivity index (χ3n) is 5.54. The lowest BCUT2D eigenvalue weighted by atomic mass is 10.1. The van der Waals surface area contributed by atoms with Crippen LogP contribution in [0.2, 0.25) is 0 Å². The molecular formula is C24H21FN6O3. The van der Waals surface area contributed by atoms with E-state index in [2.05, 4.69) is 20.4 Å². The predicted molar refractivity (Wildman–Crippen MR) is 124 cm³/mol. The van der Waals surface area contributed by atoms with Gasteiger partial charge in [0.05, 0.1) is 11.8 Å². The minimum Gasteiger partial charge on any atom is -0.337 e. The van der Waals surface area contributed by atoms with Crippen molar-refractivity contribution in [1.29, 1.82) is 0 Å². The van der Waals surface area contributed by atoms with Crippen LogP contribution in [0.4, 0.5) is 10.1 Å². The number of benzene rings is 2. The highest BCUT2D eigenvalue weighted by Crippen LogP contribution is 2.26. The summed E-state index contributed by atoms with van der Waals surface area (Å²) in [7, 11) is 0. The van der Waals surface area contributed by atoms with Crippen molar-refractivity contribution in [3.8, 4) is 0 Å². The third-order valence-corrected chi connectivity index (χ3v) is 5.54. The first-order valence-electron chi connectivity index (χ1n) is 10.8. The lowest BCUT2D eigenvalue weighted by Gasteiger charge is -2.09. The first-order valence-corrected chi connectivity index (χ1v) is 10.8. The van der Waals surface area contributed by atoms with Crippen molar-refractivity contribution in [2.24, 2.45) is 0 Å². The minimum atomic E-state index is -0.394. The maximum atomic E-state index is 13.5. The number of anilines is 1. The van der Waals surface area contributed by atoms with Gasteiger partial charge in [0.2, 0.25) is 11.8 Å². The van der Waals surface area contributed by atoms with Crippen molar-refractivity contribution < 1.29 is 13.7 Å². The highest BCUT2D eigenvalue weighted by molar-refractivity contribution is 6.06. The van der Waals surface area contributed by atoms with E-state index in [-0.39, 0.29) is 24.6 Å². The number of nitrogens with zero attached hydrogens (tertiary/aromatic N) is 5. The first-order chi connectivity index (χ1) is 16.4. The Morgan fingerprint density at radius 2 is 1.97 bits per heavy atom.